The van der Waals surface area contributed by atoms with E-state index in [-0.39, 0.29) is 16.1 Å². The largest absolute Gasteiger partial charge is 0.478 e. The van der Waals surface area contributed by atoms with Gasteiger partial charge < -0.3 is 5.11 Å². The number of carbonyl (C=O) groups is 1. The first-order valence-electron chi connectivity index (χ1n) is 6.00. The molecule has 0 aliphatic carbocycles. The Labute approximate surface area is 123 Å². The Hall–Kier alpha value is -1.05. The molecule has 0 aromatic heterocycles. The molecule has 0 spiro atoms. The first-order chi connectivity index (χ1) is 9.15. The Morgan fingerprint density at radius 1 is 1.40 bits per heavy atom. The molecule has 5 nitrogen and oxygen atoms in total. The minimum atomic E-state index is -3.48. The van der Waals surface area contributed by atoms with Gasteiger partial charge in [0.15, 0.2) is 0 Å². The predicted molar refractivity (Wildman–Crippen MR) is 81.6 cm³/mol. The van der Waals surface area contributed by atoms with Gasteiger partial charge in [-0.25, -0.2) is 17.9 Å². The van der Waals surface area contributed by atoms with E-state index in [1.54, 1.807) is 23.9 Å². The van der Waals surface area contributed by atoms with E-state index in [1.165, 1.54) is 12.1 Å². The zero-order valence-electron chi connectivity index (χ0n) is 11.7. The van der Waals surface area contributed by atoms with Crippen molar-refractivity contribution in [3.05, 3.63) is 35.4 Å². The monoisotopic (exact) mass is 317 g/mol. The average molecular weight is 317 g/mol. The first-order valence-corrected chi connectivity index (χ1v) is 8.88. The number of rotatable bonds is 7. The molecule has 0 fully saturated rings. The molecule has 1 rings (SSSR count). The molecule has 0 aliphatic heterocycles. The standard InChI is InChI=1S/C13H19NO4S2/c1-13(2,19-3)9-14-20(17,18)8-10-5-4-6-11(7-10)12(15)16/h4-7,14H,8-9H2,1-3H3,(H,15,16). The van der Waals surface area contributed by atoms with Crippen LogP contribution < -0.4 is 4.72 Å². The highest BCUT2D eigenvalue weighted by molar-refractivity contribution is 8.00. The lowest BCUT2D eigenvalue weighted by atomic mass is 10.1. The molecule has 0 atom stereocenters. The molecule has 1 aromatic carbocycles. The highest BCUT2D eigenvalue weighted by atomic mass is 32.2. The van der Waals surface area contributed by atoms with E-state index in [2.05, 4.69) is 4.72 Å². The Morgan fingerprint density at radius 3 is 2.60 bits per heavy atom. The lowest BCUT2D eigenvalue weighted by Gasteiger charge is -2.22. The maximum absolute atomic E-state index is 12.0. The maximum Gasteiger partial charge on any atom is 0.335 e. The zero-order valence-corrected chi connectivity index (χ0v) is 13.3. The van der Waals surface area contributed by atoms with Crippen molar-refractivity contribution in [3.63, 3.8) is 0 Å². The molecule has 7 heteroatoms. The smallest absolute Gasteiger partial charge is 0.335 e. The van der Waals surface area contributed by atoms with Crippen molar-refractivity contribution < 1.29 is 18.3 Å². The summed E-state index contributed by atoms with van der Waals surface area (Å²) >= 11 is 1.58. The van der Waals surface area contributed by atoms with Crippen molar-refractivity contribution in [2.24, 2.45) is 0 Å². The van der Waals surface area contributed by atoms with Gasteiger partial charge in [-0.1, -0.05) is 12.1 Å². The number of aromatic carboxylic acids is 1. The number of thioether (sulfide) groups is 1. The van der Waals surface area contributed by atoms with E-state index in [0.717, 1.165) is 0 Å². The van der Waals surface area contributed by atoms with E-state index < -0.39 is 16.0 Å². The summed E-state index contributed by atoms with van der Waals surface area (Å²) < 4.78 is 26.3. The van der Waals surface area contributed by atoms with Gasteiger partial charge in [-0.3, -0.25) is 0 Å². The average Bonchev–Trinajstić information content (AvgIpc) is 2.36. The van der Waals surface area contributed by atoms with Gasteiger partial charge in [0.05, 0.1) is 11.3 Å². The fourth-order valence-corrected chi connectivity index (χ4v) is 3.03. The highest BCUT2D eigenvalue weighted by Crippen LogP contribution is 2.20. The van der Waals surface area contributed by atoms with Gasteiger partial charge in [0.1, 0.15) is 0 Å². The van der Waals surface area contributed by atoms with Crippen LogP contribution in [0.15, 0.2) is 24.3 Å². The number of sulfonamides is 1. The van der Waals surface area contributed by atoms with E-state index in [1.807, 2.05) is 20.1 Å². The molecule has 0 saturated heterocycles. The highest BCUT2D eigenvalue weighted by Gasteiger charge is 2.20. The Balaban J connectivity index is 2.76. The molecule has 0 bridgehead atoms. The summed E-state index contributed by atoms with van der Waals surface area (Å²) in [7, 11) is -3.48. The van der Waals surface area contributed by atoms with Crippen LogP contribution >= 0.6 is 11.8 Å². The minimum absolute atomic E-state index is 0.0853. The Kier molecular flexibility index (Phi) is 5.61. The third-order valence-corrected chi connectivity index (χ3v) is 5.35. The van der Waals surface area contributed by atoms with Crippen LogP contribution in [-0.2, 0) is 15.8 Å². The molecule has 0 aliphatic rings. The number of carboxylic acids is 1. The summed E-state index contributed by atoms with van der Waals surface area (Å²) in [6.07, 6.45) is 1.92. The van der Waals surface area contributed by atoms with E-state index in [4.69, 9.17) is 5.11 Å². The Bertz CT molecular complexity index is 582. The quantitative estimate of drug-likeness (QED) is 0.803. The van der Waals surface area contributed by atoms with Gasteiger partial charge in [-0.05, 0) is 37.8 Å². The van der Waals surface area contributed by atoms with Crippen LogP contribution in [0.1, 0.15) is 29.8 Å². The summed E-state index contributed by atoms with van der Waals surface area (Å²) in [6, 6.07) is 5.95. The Morgan fingerprint density at radius 2 is 2.05 bits per heavy atom. The van der Waals surface area contributed by atoms with Crippen LogP contribution in [0.4, 0.5) is 0 Å². The number of carboxylic acid groups (broad SMARTS) is 1. The van der Waals surface area contributed by atoms with Crippen molar-refractivity contribution in [2.75, 3.05) is 12.8 Å². The summed E-state index contributed by atoms with van der Waals surface area (Å²) in [4.78, 5) is 10.8. The van der Waals surface area contributed by atoms with Crippen LogP contribution in [0.2, 0.25) is 0 Å². The summed E-state index contributed by atoms with van der Waals surface area (Å²) in [5.74, 6) is -1.29. The second kappa shape index (κ2) is 6.60. The van der Waals surface area contributed by atoms with Crippen LogP contribution in [0.3, 0.4) is 0 Å². The lowest BCUT2D eigenvalue weighted by Crippen LogP contribution is -2.36. The van der Waals surface area contributed by atoms with Gasteiger partial charge in [-0.15, -0.1) is 0 Å². The van der Waals surface area contributed by atoms with Crippen molar-refractivity contribution in [2.45, 2.75) is 24.3 Å². The zero-order chi connectivity index (χ0) is 15.4. The van der Waals surface area contributed by atoms with Gasteiger partial charge in [-0.2, -0.15) is 11.8 Å². The number of nitrogens with one attached hydrogen (secondary N) is 1. The summed E-state index contributed by atoms with van der Waals surface area (Å²) in [5.41, 5.74) is 0.543. The summed E-state index contributed by atoms with van der Waals surface area (Å²) in [6.45, 7) is 4.23. The van der Waals surface area contributed by atoms with Gasteiger partial charge in [0.25, 0.3) is 0 Å². The van der Waals surface area contributed by atoms with Crippen LogP contribution in [0.25, 0.3) is 0 Å². The second-order valence-electron chi connectivity index (χ2n) is 5.05. The number of benzene rings is 1. The van der Waals surface area contributed by atoms with Crippen molar-refractivity contribution in [3.8, 4) is 0 Å². The van der Waals surface area contributed by atoms with Gasteiger partial charge >= 0.3 is 5.97 Å². The van der Waals surface area contributed by atoms with Gasteiger partial charge in [0.2, 0.25) is 10.0 Å². The first kappa shape index (κ1) is 17.0. The molecular formula is C13H19NO4S2. The predicted octanol–water partition coefficient (Wildman–Crippen LogP) is 1.95. The van der Waals surface area contributed by atoms with E-state index in [0.29, 0.717) is 12.1 Å². The van der Waals surface area contributed by atoms with E-state index in [9.17, 15) is 13.2 Å². The normalized spacial score (nSPS) is 12.3. The maximum atomic E-state index is 12.0. The molecule has 0 radical (unpaired) electrons. The topological polar surface area (TPSA) is 83.5 Å². The molecule has 20 heavy (non-hydrogen) atoms. The second-order valence-corrected chi connectivity index (χ2v) is 8.37. The molecule has 0 saturated carbocycles. The van der Waals surface area contributed by atoms with Crippen molar-refractivity contribution >= 4 is 27.8 Å². The van der Waals surface area contributed by atoms with Crippen LogP contribution in [-0.4, -0.2) is 37.0 Å². The molecule has 1 aromatic rings. The minimum Gasteiger partial charge on any atom is -0.478 e. The van der Waals surface area contributed by atoms with Crippen molar-refractivity contribution in [1.29, 1.82) is 0 Å². The van der Waals surface area contributed by atoms with Crippen LogP contribution in [0.5, 0.6) is 0 Å². The third kappa shape index (κ3) is 5.52. The van der Waals surface area contributed by atoms with E-state index >= 15 is 0 Å². The number of hydrogen-bond donors (Lipinski definition) is 2. The fourth-order valence-electron chi connectivity index (χ4n) is 1.42. The number of hydrogen-bond acceptors (Lipinski definition) is 4. The van der Waals surface area contributed by atoms with Crippen LogP contribution in [0, 0.1) is 0 Å². The van der Waals surface area contributed by atoms with Crippen molar-refractivity contribution in [1.82, 2.24) is 4.72 Å². The lowest BCUT2D eigenvalue weighted by molar-refractivity contribution is 0.0696. The summed E-state index contributed by atoms with van der Waals surface area (Å²) in [5, 5.41) is 8.88. The molecule has 0 unspecified atom stereocenters. The van der Waals surface area contributed by atoms with Gasteiger partial charge in [0, 0.05) is 11.3 Å². The molecule has 0 heterocycles. The fraction of sp³-hybridized carbons (Fsp3) is 0.462. The molecule has 2 N–H and O–H groups in total. The molecular weight excluding hydrogens is 298 g/mol. The third-order valence-electron chi connectivity index (χ3n) is 2.80. The SMILES string of the molecule is CSC(C)(C)CNS(=O)(=O)Cc1cccc(C(=O)O)c1. The molecule has 0 amide bonds. The molecule has 112 valence electrons.